The number of esters is 1. The quantitative estimate of drug-likeness (QED) is 0.848. The summed E-state index contributed by atoms with van der Waals surface area (Å²) in [6, 6.07) is 5.04. The second kappa shape index (κ2) is 6.33. The smallest absolute Gasteiger partial charge is 0.343 e. The first kappa shape index (κ1) is 15.6. The van der Waals surface area contributed by atoms with Gasteiger partial charge in [0.15, 0.2) is 5.76 Å². The molecule has 21 heavy (non-hydrogen) atoms. The van der Waals surface area contributed by atoms with Gasteiger partial charge in [0.1, 0.15) is 11.3 Å². The molecule has 0 saturated carbocycles. The van der Waals surface area contributed by atoms with Crippen molar-refractivity contribution in [3.8, 4) is 0 Å². The lowest BCUT2D eigenvalue weighted by Gasteiger charge is -2.03. The minimum Gasteiger partial charge on any atom is -0.505 e. The molecule has 0 radical (unpaired) electrons. The van der Waals surface area contributed by atoms with Gasteiger partial charge in [0.25, 0.3) is 0 Å². The fraction of sp³-hybridized carbons (Fsp3) is 0.200. The normalized spacial score (nSPS) is 16.4. The molecule has 1 heterocycles. The molecule has 0 aromatic heterocycles. The molecule has 110 valence electrons. The van der Waals surface area contributed by atoms with Gasteiger partial charge in [-0.25, -0.2) is 9.79 Å². The molecule has 0 bridgehead atoms. The number of aliphatic hydroxyl groups excluding tert-OH is 1. The van der Waals surface area contributed by atoms with E-state index in [1.165, 1.54) is 0 Å². The average Bonchev–Trinajstić information content (AvgIpc) is 2.69. The van der Waals surface area contributed by atoms with Crippen molar-refractivity contribution in [2.75, 3.05) is 6.61 Å². The third-order valence-electron chi connectivity index (χ3n) is 2.86. The summed E-state index contributed by atoms with van der Waals surface area (Å²) in [4.78, 5) is 16.0. The molecule has 1 aliphatic heterocycles. The van der Waals surface area contributed by atoms with Gasteiger partial charge in [-0.05, 0) is 37.6 Å². The van der Waals surface area contributed by atoms with Crippen LogP contribution in [0.5, 0.6) is 0 Å². The fourth-order valence-corrected chi connectivity index (χ4v) is 2.20. The summed E-state index contributed by atoms with van der Waals surface area (Å²) in [5, 5.41) is 11.0. The highest BCUT2D eigenvalue weighted by Crippen LogP contribution is 2.28. The first-order valence-corrected chi connectivity index (χ1v) is 7.02. The number of benzene rings is 1. The highest BCUT2D eigenvalue weighted by atomic mass is 35.5. The van der Waals surface area contributed by atoms with E-state index in [0.29, 0.717) is 21.3 Å². The van der Waals surface area contributed by atoms with Gasteiger partial charge in [-0.15, -0.1) is 0 Å². The summed E-state index contributed by atoms with van der Waals surface area (Å²) in [5.74, 6) is -0.786. The van der Waals surface area contributed by atoms with Crippen molar-refractivity contribution in [2.24, 2.45) is 4.99 Å². The predicted octanol–water partition coefficient (Wildman–Crippen LogP) is 4.18. The zero-order valence-corrected chi connectivity index (χ0v) is 13.0. The van der Waals surface area contributed by atoms with Gasteiger partial charge >= 0.3 is 5.97 Å². The van der Waals surface area contributed by atoms with Crippen LogP contribution in [-0.2, 0) is 9.53 Å². The van der Waals surface area contributed by atoms with Crippen LogP contribution < -0.4 is 0 Å². The number of aliphatic hydroxyl groups is 1. The summed E-state index contributed by atoms with van der Waals surface area (Å²) in [7, 11) is 0. The van der Waals surface area contributed by atoms with Crippen molar-refractivity contribution in [1.29, 1.82) is 0 Å². The van der Waals surface area contributed by atoms with E-state index in [1.54, 1.807) is 38.1 Å². The Morgan fingerprint density at radius 3 is 2.71 bits per heavy atom. The second-order valence-corrected chi connectivity index (χ2v) is 5.16. The van der Waals surface area contributed by atoms with E-state index in [-0.39, 0.29) is 23.6 Å². The number of rotatable bonds is 3. The second-order valence-electron chi connectivity index (χ2n) is 4.34. The minimum absolute atomic E-state index is 0.0863. The van der Waals surface area contributed by atoms with E-state index < -0.39 is 5.97 Å². The van der Waals surface area contributed by atoms with Crippen LogP contribution in [0.15, 0.2) is 40.2 Å². The Morgan fingerprint density at radius 2 is 2.10 bits per heavy atom. The van der Waals surface area contributed by atoms with Gasteiger partial charge < -0.3 is 9.84 Å². The van der Waals surface area contributed by atoms with Crippen molar-refractivity contribution in [1.82, 2.24) is 0 Å². The Hall–Kier alpha value is -1.78. The topological polar surface area (TPSA) is 58.9 Å². The third-order valence-corrected chi connectivity index (χ3v) is 3.60. The molecule has 0 saturated heterocycles. The molecule has 0 amide bonds. The van der Waals surface area contributed by atoms with Gasteiger partial charge in [-0.2, -0.15) is 0 Å². The lowest BCUT2D eigenvalue weighted by molar-refractivity contribution is -0.138. The number of halogens is 2. The lowest BCUT2D eigenvalue weighted by Crippen LogP contribution is -2.13. The molecule has 1 N–H and O–H groups in total. The van der Waals surface area contributed by atoms with Gasteiger partial charge in [-0.3, -0.25) is 0 Å². The van der Waals surface area contributed by atoms with Crippen molar-refractivity contribution in [3.63, 3.8) is 0 Å². The Bertz CT molecular complexity index is 690. The van der Waals surface area contributed by atoms with Crippen molar-refractivity contribution in [3.05, 3.63) is 50.8 Å². The van der Waals surface area contributed by atoms with E-state index in [2.05, 4.69) is 4.99 Å². The molecular weight excluding hydrogens is 313 g/mol. The Balaban J connectivity index is 2.39. The van der Waals surface area contributed by atoms with Crippen LogP contribution in [0.2, 0.25) is 10.0 Å². The molecule has 1 aromatic rings. The number of hydrogen-bond donors (Lipinski definition) is 1. The molecule has 4 nitrogen and oxygen atoms in total. The van der Waals surface area contributed by atoms with E-state index in [0.717, 1.165) is 0 Å². The number of aliphatic imine (C=N–C) groups is 1. The Morgan fingerprint density at radius 1 is 1.38 bits per heavy atom. The van der Waals surface area contributed by atoms with Crippen LogP contribution in [0.25, 0.3) is 6.08 Å². The summed E-state index contributed by atoms with van der Waals surface area (Å²) in [6.07, 6.45) is 1.62. The van der Waals surface area contributed by atoms with E-state index in [9.17, 15) is 9.90 Å². The van der Waals surface area contributed by atoms with E-state index in [1.807, 2.05) is 0 Å². The highest BCUT2D eigenvalue weighted by molar-refractivity contribution is 6.42. The predicted molar refractivity (Wildman–Crippen MR) is 83.8 cm³/mol. The zero-order chi connectivity index (χ0) is 15.6. The van der Waals surface area contributed by atoms with E-state index in [4.69, 9.17) is 27.9 Å². The van der Waals surface area contributed by atoms with Gasteiger partial charge in [-0.1, -0.05) is 29.3 Å². The van der Waals surface area contributed by atoms with Crippen LogP contribution in [0.3, 0.4) is 0 Å². The molecule has 1 aromatic carbocycles. The standard InChI is InChI=1S/C15H13Cl2NO3/c1-3-21-15(20)13-8(2)18-12(14(13)19)7-9-4-5-10(16)11(17)6-9/h4-7,19H,3H2,1-2H3/b12-7+. The fourth-order valence-electron chi connectivity index (χ4n) is 1.90. The lowest BCUT2D eigenvalue weighted by atomic mass is 10.1. The molecule has 0 aliphatic carbocycles. The maximum atomic E-state index is 11.8. The zero-order valence-electron chi connectivity index (χ0n) is 11.5. The van der Waals surface area contributed by atoms with Gasteiger partial charge in [0.2, 0.25) is 0 Å². The van der Waals surface area contributed by atoms with Crippen LogP contribution in [0.4, 0.5) is 0 Å². The minimum atomic E-state index is -0.589. The number of hydrogen-bond acceptors (Lipinski definition) is 4. The molecule has 0 fully saturated rings. The Kier molecular flexibility index (Phi) is 4.70. The van der Waals surface area contributed by atoms with Crippen LogP contribution >= 0.6 is 23.2 Å². The molecule has 0 spiro atoms. The number of carbonyl (C=O) groups excluding carboxylic acids is 1. The van der Waals surface area contributed by atoms with Crippen molar-refractivity contribution in [2.45, 2.75) is 13.8 Å². The number of carbonyl (C=O) groups is 1. The van der Waals surface area contributed by atoms with Crippen LogP contribution in [0, 0.1) is 0 Å². The number of nitrogens with zero attached hydrogens (tertiary/aromatic N) is 1. The monoisotopic (exact) mass is 325 g/mol. The molecule has 6 heteroatoms. The van der Waals surface area contributed by atoms with Crippen LogP contribution in [0.1, 0.15) is 19.4 Å². The Labute approximate surface area is 132 Å². The summed E-state index contributed by atoms with van der Waals surface area (Å²) < 4.78 is 4.90. The largest absolute Gasteiger partial charge is 0.505 e. The summed E-state index contributed by atoms with van der Waals surface area (Å²) in [6.45, 7) is 3.57. The van der Waals surface area contributed by atoms with E-state index >= 15 is 0 Å². The third kappa shape index (κ3) is 3.28. The first-order valence-electron chi connectivity index (χ1n) is 6.27. The highest BCUT2D eigenvalue weighted by Gasteiger charge is 2.27. The molecule has 2 rings (SSSR count). The number of ether oxygens (including phenoxy) is 1. The molecular formula is C15H13Cl2NO3. The maximum absolute atomic E-state index is 11.8. The van der Waals surface area contributed by atoms with Crippen LogP contribution in [-0.4, -0.2) is 23.4 Å². The summed E-state index contributed by atoms with van der Waals surface area (Å²) >= 11 is 11.8. The van der Waals surface area contributed by atoms with Crippen molar-refractivity contribution < 1.29 is 14.6 Å². The molecule has 0 atom stereocenters. The average molecular weight is 326 g/mol. The summed E-state index contributed by atoms with van der Waals surface area (Å²) in [5.41, 5.74) is 1.50. The van der Waals surface area contributed by atoms with Crippen molar-refractivity contribution >= 4 is 41.0 Å². The maximum Gasteiger partial charge on any atom is 0.343 e. The van der Waals surface area contributed by atoms with Gasteiger partial charge in [0, 0.05) is 0 Å². The van der Waals surface area contributed by atoms with Gasteiger partial charge in [0.05, 0.1) is 22.4 Å². The molecule has 1 aliphatic rings. The SMILES string of the molecule is CCOC(=O)C1=C(O)/C(=C\c2ccc(Cl)c(Cl)c2)N=C1C. The molecule has 0 unspecified atom stereocenters. The first-order chi connectivity index (χ1) is 9.93.